The molecule has 0 aliphatic carbocycles. The number of nitrogens with zero attached hydrogens (tertiary/aromatic N) is 1. The monoisotopic (exact) mass is 656 g/mol. The first-order valence-corrected chi connectivity index (χ1v) is 15.8. The quantitative estimate of drug-likeness (QED) is 0.244. The Morgan fingerprint density at radius 1 is 1.00 bits per heavy atom. The van der Waals surface area contributed by atoms with E-state index >= 15 is 0 Å². The van der Waals surface area contributed by atoms with E-state index < -0.39 is 42.1 Å². The Bertz CT molecular complexity index is 1710. The van der Waals surface area contributed by atoms with Crippen LogP contribution in [0, 0.1) is 0 Å². The number of nitrogens with one attached hydrogen (secondary N) is 1. The molecule has 48 heavy (non-hydrogen) atoms. The number of hydrogen-bond acceptors (Lipinski definition) is 10. The molecule has 12 nitrogen and oxygen atoms in total. The molecule has 3 aliphatic rings. The molecule has 3 aliphatic heterocycles. The van der Waals surface area contributed by atoms with E-state index in [1.165, 1.54) is 17.9 Å². The molecule has 2 amide bonds. The van der Waals surface area contributed by atoms with Crippen LogP contribution < -0.4 is 24.4 Å². The number of anilines is 1. The molecule has 0 radical (unpaired) electrons. The zero-order valence-electron chi connectivity index (χ0n) is 26.3. The molecule has 0 aromatic heterocycles. The predicted octanol–water partition coefficient (Wildman–Crippen LogP) is 3.80. The minimum absolute atomic E-state index is 0.0537. The van der Waals surface area contributed by atoms with Gasteiger partial charge in [0.2, 0.25) is 6.79 Å². The number of benzene rings is 3. The van der Waals surface area contributed by atoms with Crippen LogP contribution >= 0.6 is 0 Å². The molecule has 12 heteroatoms. The van der Waals surface area contributed by atoms with Crippen LogP contribution in [0.4, 0.5) is 5.69 Å². The molecule has 0 fully saturated rings. The van der Waals surface area contributed by atoms with Crippen molar-refractivity contribution in [3.63, 3.8) is 0 Å². The Morgan fingerprint density at radius 2 is 1.81 bits per heavy atom. The van der Waals surface area contributed by atoms with Gasteiger partial charge in [-0.15, -0.1) is 0 Å². The van der Waals surface area contributed by atoms with Crippen molar-refractivity contribution in [2.75, 3.05) is 24.9 Å². The SMILES string of the molecule is CC(=O)O[C@@H]1C/C=C\C(=O)N2c3ccc(OCCCO)cc3[C@H](NC(=O)c3ccccc3)[C@@H](OC(=O)Cc3ccc4c(c3)OCO4)[C@@H]2C1. The average molecular weight is 657 g/mol. The molecule has 0 saturated carbocycles. The first kappa shape index (κ1) is 32.6. The van der Waals surface area contributed by atoms with E-state index in [9.17, 15) is 24.3 Å². The molecule has 3 heterocycles. The van der Waals surface area contributed by atoms with Crippen LogP contribution in [0.25, 0.3) is 0 Å². The van der Waals surface area contributed by atoms with Crippen LogP contribution in [0.2, 0.25) is 0 Å². The topological polar surface area (TPSA) is 150 Å². The molecule has 3 aromatic rings. The first-order valence-electron chi connectivity index (χ1n) is 15.8. The second-order valence-corrected chi connectivity index (χ2v) is 11.7. The fraction of sp³-hybridized carbons (Fsp3) is 0.333. The zero-order valence-corrected chi connectivity index (χ0v) is 26.3. The van der Waals surface area contributed by atoms with Crippen molar-refractivity contribution < 1.29 is 48.0 Å². The fourth-order valence-corrected chi connectivity index (χ4v) is 6.22. The lowest BCUT2D eigenvalue weighted by atomic mass is 9.84. The second kappa shape index (κ2) is 14.6. The number of rotatable bonds is 10. The van der Waals surface area contributed by atoms with Crippen LogP contribution in [0.5, 0.6) is 17.2 Å². The van der Waals surface area contributed by atoms with Crippen molar-refractivity contribution in [2.45, 2.75) is 56.9 Å². The van der Waals surface area contributed by atoms with Gasteiger partial charge in [-0.05, 0) is 54.1 Å². The maximum atomic E-state index is 13.8. The number of ether oxygens (including phenoxy) is 5. The molecule has 2 N–H and O–H groups in total. The summed E-state index contributed by atoms with van der Waals surface area (Å²) in [4.78, 5) is 54.8. The molecular formula is C36H36N2O10. The Hall–Kier alpha value is -5.36. The molecule has 0 bridgehead atoms. The summed E-state index contributed by atoms with van der Waals surface area (Å²) in [6.45, 7) is 1.58. The molecule has 0 unspecified atom stereocenters. The summed E-state index contributed by atoms with van der Waals surface area (Å²) in [5, 5.41) is 12.3. The van der Waals surface area contributed by atoms with Gasteiger partial charge >= 0.3 is 11.9 Å². The standard InChI is InChI=1S/C36H36N2O10/c1-22(40)47-26-9-5-10-32(41)38-28-13-12-25(44-16-6-15-39)19-27(28)34(37-36(43)24-7-3-2-4-8-24)35(29(38)20-26)48-33(42)18-23-11-14-30-31(17-23)46-21-45-30/h2-5,7-8,10-14,17,19,26,29,34-35,39H,6,9,15-16,18,20-21H2,1H3,(H,37,43)/b10-5-/t26-,29+,34+,35+/m1/s1. The van der Waals surface area contributed by atoms with Gasteiger partial charge in [0.25, 0.3) is 11.8 Å². The highest BCUT2D eigenvalue weighted by atomic mass is 16.7. The number of aliphatic hydroxyl groups excluding tert-OH is 1. The van der Waals surface area contributed by atoms with E-state index in [2.05, 4.69) is 5.32 Å². The van der Waals surface area contributed by atoms with E-state index in [4.69, 9.17) is 23.7 Å². The predicted molar refractivity (Wildman–Crippen MR) is 172 cm³/mol. The number of aliphatic hydroxyl groups is 1. The Labute approximate surface area is 277 Å². The Kier molecular flexibility index (Phi) is 9.91. The second-order valence-electron chi connectivity index (χ2n) is 11.7. The van der Waals surface area contributed by atoms with Crippen LogP contribution in [0.3, 0.4) is 0 Å². The Morgan fingerprint density at radius 3 is 2.60 bits per heavy atom. The lowest BCUT2D eigenvalue weighted by Crippen LogP contribution is -2.59. The van der Waals surface area contributed by atoms with Crippen molar-refractivity contribution >= 4 is 29.4 Å². The van der Waals surface area contributed by atoms with Crippen molar-refractivity contribution in [1.29, 1.82) is 0 Å². The van der Waals surface area contributed by atoms with Crippen LogP contribution in [-0.2, 0) is 30.3 Å². The van der Waals surface area contributed by atoms with E-state index in [1.54, 1.807) is 72.8 Å². The lowest BCUT2D eigenvalue weighted by Gasteiger charge is -2.47. The van der Waals surface area contributed by atoms with Crippen molar-refractivity contribution in [3.05, 3.63) is 95.6 Å². The van der Waals surface area contributed by atoms with E-state index in [0.29, 0.717) is 46.0 Å². The third-order valence-corrected chi connectivity index (χ3v) is 8.31. The molecular weight excluding hydrogens is 620 g/mol. The van der Waals surface area contributed by atoms with E-state index in [1.807, 2.05) is 0 Å². The fourth-order valence-electron chi connectivity index (χ4n) is 6.22. The highest BCUT2D eigenvalue weighted by Gasteiger charge is 2.48. The summed E-state index contributed by atoms with van der Waals surface area (Å²) in [5.41, 5.74) is 1.98. The number of carbonyl (C=O) groups excluding carboxylic acids is 4. The van der Waals surface area contributed by atoms with Gasteiger partial charge in [0.1, 0.15) is 18.0 Å². The molecule has 3 aromatic carbocycles. The van der Waals surface area contributed by atoms with Gasteiger partial charge in [-0.25, -0.2) is 0 Å². The zero-order chi connectivity index (χ0) is 33.6. The highest BCUT2D eigenvalue weighted by Crippen LogP contribution is 2.43. The largest absolute Gasteiger partial charge is 0.493 e. The summed E-state index contributed by atoms with van der Waals surface area (Å²) in [7, 11) is 0. The average Bonchev–Trinajstić information content (AvgIpc) is 3.53. The molecule has 4 atom stereocenters. The maximum absolute atomic E-state index is 13.8. The first-order chi connectivity index (χ1) is 23.3. The minimum atomic E-state index is -1.10. The van der Waals surface area contributed by atoms with Gasteiger partial charge in [-0.3, -0.25) is 19.2 Å². The lowest BCUT2D eigenvalue weighted by molar-refractivity contribution is -0.155. The smallest absolute Gasteiger partial charge is 0.310 e. The number of amides is 2. The summed E-state index contributed by atoms with van der Waals surface area (Å²) in [6.07, 6.45) is 2.00. The van der Waals surface area contributed by atoms with Crippen molar-refractivity contribution in [1.82, 2.24) is 5.32 Å². The van der Waals surface area contributed by atoms with E-state index in [-0.39, 0.29) is 45.2 Å². The summed E-state index contributed by atoms with van der Waals surface area (Å²) in [6, 6.07) is 17.1. The van der Waals surface area contributed by atoms with Crippen LogP contribution in [0.1, 0.15) is 53.7 Å². The van der Waals surface area contributed by atoms with Gasteiger partial charge in [0.05, 0.1) is 30.8 Å². The number of fused-ring (bicyclic) bond motifs is 4. The van der Waals surface area contributed by atoms with Gasteiger partial charge in [0.15, 0.2) is 11.5 Å². The Balaban J connectivity index is 1.42. The number of carbonyl (C=O) groups is 4. The summed E-state index contributed by atoms with van der Waals surface area (Å²) >= 11 is 0. The summed E-state index contributed by atoms with van der Waals surface area (Å²) in [5.74, 6) is -0.342. The van der Waals surface area contributed by atoms with Gasteiger partial charge in [-0.1, -0.05) is 30.3 Å². The maximum Gasteiger partial charge on any atom is 0.310 e. The minimum Gasteiger partial charge on any atom is -0.493 e. The highest BCUT2D eigenvalue weighted by molar-refractivity contribution is 6.03. The molecule has 0 saturated heterocycles. The summed E-state index contributed by atoms with van der Waals surface area (Å²) < 4.78 is 28.6. The van der Waals surface area contributed by atoms with Gasteiger partial charge < -0.3 is 39.0 Å². The normalized spacial score (nSPS) is 21.5. The van der Waals surface area contributed by atoms with E-state index in [0.717, 1.165) is 0 Å². The third-order valence-electron chi connectivity index (χ3n) is 8.31. The molecule has 6 rings (SSSR count). The third kappa shape index (κ3) is 7.28. The van der Waals surface area contributed by atoms with Gasteiger partial charge in [-0.2, -0.15) is 0 Å². The van der Waals surface area contributed by atoms with Crippen molar-refractivity contribution in [3.8, 4) is 17.2 Å². The van der Waals surface area contributed by atoms with Crippen LogP contribution in [0.15, 0.2) is 78.9 Å². The molecule has 0 spiro atoms. The van der Waals surface area contributed by atoms with Gasteiger partial charge in [0, 0.05) is 43.9 Å². The van der Waals surface area contributed by atoms with Crippen LogP contribution in [-0.4, -0.2) is 67.1 Å². The molecule has 250 valence electrons. The number of esters is 2. The number of hydrogen-bond donors (Lipinski definition) is 2. The van der Waals surface area contributed by atoms with Crippen molar-refractivity contribution in [2.24, 2.45) is 0 Å².